The van der Waals surface area contributed by atoms with Gasteiger partial charge in [-0.1, -0.05) is 25.7 Å². The van der Waals surface area contributed by atoms with Crippen LogP contribution in [0.2, 0.25) is 5.28 Å². The second-order valence-electron chi connectivity index (χ2n) is 10.0. The third-order valence-corrected chi connectivity index (χ3v) is 7.41. The zero-order valence-electron chi connectivity index (χ0n) is 21.3. The highest BCUT2D eigenvalue weighted by atomic mass is 35.5. The van der Waals surface area contributed by atoms with E-state index in [-0.39, 0.29) is 29.4 Å². The van der Waals surface area contributed by atoms with E-state index in [9.17, 15) is 9.59 Å². The van der Waals surface area contributed by atoms with Gasteiger partial charge in [-0.15, -0.1) is 0 Å². The predicted molar refractivity (Wildman–Crippen MR) is 137 cm³/mol. The second-order valence-corrected chi connectivity index (χ2v) is 10.4. The molecule has 2 aliphatic heterocycles. The topological polar surface area (TPSA) is 121 Å². The highest BCUT2D eigenvalue weighted by Gasteiger charge is 2.28. The maximum Gasteiger partial charge on any atom is 0.409 e. The summed E-state index contributed by atoms with van der Waals surface area (Å²) in [5.41, 5.74) is 5.15. The summed E-state index contributed by atoms with van der Waals surface area (Å²) in [6.07, 6.45) is 6.33. The number of carbonyl (C=O) groups is 2. The van der Waals surface area contributed by atoms with Crippen molar-refractivity contribution in [2.75, 3.05) is 56.7 Å². The molecule has 0 radical (unpaired) electrons. The first-order chi connectivity index (χ1) is 17.9. The number of rotatable bonds is 9. The number of carbonyl (C=O) groups excluding carboxylic acids is 2. The predicted octanol–water partition coefficient (Wildman–Crippen LogP) is 2.91. The van der Waals surface area contributed by atoms with E-state index in [2.05, 4.69) is 31.0 Å². The molecule has 1 unspecified atom stereocenters. The lowest BCUT2D eigenvalue weighted by Gasteiger charge is -2.33. The number of hydrogen-bond acceptors (Lipinski definition) is 9. The fraction of sp³-hybridized carbons (Fsp3) is 0.750. The second kappa shape index (κ2) is 13.4. The largest absolute Gasteiger partial charge is 0.420 e. The molecule has 3 fully saturated rings. The molecule has 1 saturated carbocycles. The van der Waals surface area contributed by atoms with Gasteiger partial charge in [0.1, 0.15) is 0 Å². The van der Waals surface area contributed by atoms with E-state index >= 15 is 4.39 Å². The van der Waals surface area contributed by atoms with Crippen molar-refractivity contribution < 1.29 is 23.5 Å². The van der Waals surface area contributed by atoms with Crippen molar-refractivity contribution in [1.82, 2.24) is 25.6 Å². The Morgan fingerprint density at radius 2 is 1.86 bits per heavy atom. The van der Waals surface area contributed by atoms with Gasteiger partial charge in [-0.2, -0.15) is 14.4 Å². The van der Waals surface area contributed by atoms with Crippen LogP contribution in [0.1, 0.15) is 51.4 Å². The van der Waals surface area contributed by atoms with E-state index in [4.69, 9.17) is 21.1 Å². The number of alkyl carbamates (subject to hydrolysis) is 1. The summed E-state index contributed by atoms with van der Waals surface area (Å²) in [6.45, 7) is 3.40. The Balaban J connectivity index is 1.36. The number of likely N-dealkylation sites (N-methyl/N-ethyl adjacent to an activating group) is 1. The van der Waals surface area contributed by atoms with Crippen LogP contribution in [-0.2, 0) is 14.3 Å². The summed E-state index contributed by atoms with van der Waals surface area (Å²) < 4.78 is 26.0. The molecule has 2 atom stereocenters. The van der Waals surface area contributed by atoms with Crippen molar-refractivity contribution in [2.45, 2.75) is 57.7 Å². The van der Waals surface area contributed by atoms with E-state index in [0.717, 1.165) is 51.6 Å². The Morgan fingerprint density at radius 3 is 2.57 bits per heavy atom. The Bertz CT molecular complexity index is 923. The molecular formula is C24H37ClFN7O4. The van der Waals surface area contributed by atoms with Gasteiger partial charge in [0.15, 0.2) is 11.6 Å². The molecule has 13 heteroatoms. The number of nitrogens with zero attached hydrogens (tertiary/aromatic N) is 4. The molecule has 2 amide bonds. The van der Waals surface area contributed by atoms with Crippen molar-refractivity contribution in [3.05, 3.63) is 11.1 Å². The van der Waals surface area contributed by atoms with Gasteiger partial charge < -0.3 is 24.6 Å². The van der Waals surface area contributed by atoms with Gasteiger partial charge in [-0.25, -0.2) is 4.79 Å². The summed E-state index contributed by atoms with van der Waals surface area (Å²) in [7, 11) is 2.00. The molecule has 11 nitrogen and oxygen atoms in total. The first-order valence-electron chi connectivity index (χ1n) is 13.2. The number of halogens is 2. The van der Waals surface area contributed by atoms with Gasteiger partial charge in [0.25, 0.3) is 0 Å². The Labute approximate surface area is 221 Å². The Hall–Kier alpha value is -2.44. The van der Waals surface area contributed by atoms with Gasteiger partial charge in [0.2, 0.25) is 23.3 Å². The van der Waals surface area contributed by atoms with E-state index < -0.39 is 24.1 Å². The van der Waals surface area contributed by atoms with Crippen molar-refractivity contribution in [2.24, 2.45) is 11.8 Å². The fourth-order valence-electron chi connectivity index (χ4n) is 5.05. The normalized spacial score (nSPS) is 21.9. The quantitative estimate of drug-likeness (QED) is 0.320. The minimum atomic E-state index is -0.684. The van der Waals surface area contributed by atoms with Crippen molar-refractivity contribution >= 4 is 35.2 Å². The average molecular weight is 542 g/mol. The zero-order chi connectivity index (χ0) is 26.2. The van der Waals surface area contributed by atoms with Crippen LogP contribution in [0.25, 0.3) is 0 Å². The third-order valence-electron chi connectivity index (χ3n) is 7.25. The van der Waals surface area contributed by atoms with E-state index in [1.54, 1.807) is 0 Å². The van der Waals surface area contributed by atoms with Crippen molar-refractivity contribution in [3.8, 4) is 0 Å². The van der Waals surface area contributed by atoms with E-state index in [0.29, 0.717) is 38.5 Å². The van der Waals surface area contributed by atoms with Crippen molar-refractivity contribution in [3.63, 3.8) is 0 Å². The number of anilines is 2. The molecule has 1 aromatic rings. The summed E-state index contributed by atoms with van der Waals surface area (Å²) in [4.78, 5) is 37.4. The molecule has 1 aliphatic carbocycles. The van der Waals surface area contributed by atoms with E-state index in [1.807, 2.05) is 11.9 Å². The zero-order valence-corrected chi connectivity index (χ0v) is 22.1. The standard InChI is InChI=1S/C24H37ClFN7O4/c1-32-9-11-33(12-10-32)21-19(26)20(28-23(25)29-21)30-31-22(34)17(14-16-6-2-3-7-16)15-27-24(35)37-18-8-4-5-13-36-18/h16-18H,2-15H2,1H3,(H,27,35)(H,31,34)(H,28,29,30)/t17-,18?/m1/s1. The molecule has 0 bridgehead atoms. The van der Waals surface area contributed by atoms with Crippen LogP contribution in [0.5, 0.6) is 0 Å². The van der Waals surface area contributed by atoms with Crippen molar-refractivity contribution in [1.29, 1.82) is 0 Å². The summed E-state index contributed by atoms with van der Waals surface area (Å²) in [6, 6.07) is 0. The molecule has 206 valence electrons. The number of amides is 2. The Morgan fingerprint density at radius 1 is 1.14 bits per heavy atom. The molecule has 3 aliphatic rings. The molecule has 37 heavy (non-hydrogen) atoms. The van der Waals surface area contributed by atoms with E-state index in [1.165, 1.54) is 0 Å². The van der Waals surface area contributed by atoms with Crippen LogP contribution in [0, 0.1) is 17.7 Å². The third kappa shape index (κ3) is 8.02. The fourth-order valence-corrected chi connectivity index (χ4v) is 5.21. The monoisotopic (exact) mass is 541 g/mol. The molecule has 0 spiro atoms. The summed E-state index contributed by atoms with van der Waals surface area (Å²) >= 11 is 6.08. The number of nitrogens with one attached hydrogen (secondary N) is 3. The molecular weight excluding hydrogens is 505 g/mol. The molecule has 3 N–H and O–H groups in total. The maximum atomic E-state index is 15.3. The molecule has 4 rings (SSSR count). The highest BCUT2D eigenvalue weighted by Crippen LogP contribution is 2.30. The van der Waals surface area contributed by atoms with Gasteiger partial charge in [0, 0.05) is 39.1 Å². The first-order valence-corrected chi connectivity index (χ1v) is 13.6. The average Bonchev–Trinajstić information content (AvgIpc) is 3.41. The molecule has 2 saturated heterocycles. The number of hydrogen-bond donors (Lipinski definition) is 3. The van der Waals surface area contributed by atoms with Gasteiger partial charge >= 0.3 is 6.09 Å². The lowest BCUT2D eigenvalue weighted by atomic mass is 9.92. The number of aromatic nitrogens is 2. The Kier molecular flexibility index (Phi) is 9.98. The van der Waals surface area contributed by atoms with Gasteiger partial charge in [0.05, 0.1) is 12.5 Å². The molecule has 0 aromatic carbocycles. The first kappa shape index (κ1) is 27.6. The molecule has 3 heterocycles. The number of piperazine rings is 1. The summed E-state index contributed by atoms with van der Waals surface area (Å²) in [5, 5.41) is 2.58. The lowest BCUT2D eigenvalue weighted by Crippen LogP contribution is -2.45. The van der Waals surface area contributed by atoms with Crippen LogP contribution in [-0.4, -0.2) is 79.5 Å². The minimum Gasteiger partial charge on any atom is -0.420 e. The maximum absolute atomic E-state index is 15.3. The van der Waals surface area contributed by atoms with Crippen LogP contribution >= 0.6 is 11.6 Å². The van der Waals surface area contributed by atoms with Crippen LogP contribution < -0.4 is 21.1 Å². The molecule has 1 aromatic heterocycles. The lowest BCUT2D eigenvalue weighted by molar-refractivity contribution is -0.127. The number of ether oxygens (including phenoxy) is 2. The number of hydrazine groups is 1. The highest BCUT2D eigenvalue weighted by molar-refractivity contribution is 6.28. The smallest absolute Gasteiger partial charge is 0.409 e. The summed E-state index contributed by atoms with van der Waals surface area (Å²) in [5.74, 6) is -1.31. The van der Waals surface area contributed by atoms with Crippen LogP contribution in [0.4, 0.5) is 20.8 Å². The van der Waals surface area contributed by atoms with Gasteiger partial charge in [-0.3, -0.25) is 15.6 Å². The van der Waals surface area contributed by atoms with Crippen LogP contribution in [0.15, 0.2) is 0 Å². The van der Waals surface area contributed by atoms with Gasteiger partial charge in [-0.05, 0) is 43.8 Å². The minimum absolute atomic E-state index is 0.0924. The van der Waals surface area contributed by atoms with Crippen LogP contribution in [0.3, 0.4) is 0 Å². The SMILES string of the molecule is CN1CCN(c2nc(Cl)nc(NNC(=O)[C@@H](CNC(=O)OC3CCCCO3)CC3CCCC3)c2F)CC1.